The molecule has 0 radical (unpaired) electrons. The van der Waals surface area contributed by atoms with E-state index < -0.39 is 5.97 Å². The third kappa shape index (κ3) is 3.85. The van der Waals surface area contributed by atoms with E-state index in [-0.39, 0.29) is 12.6 Å². The molecule has 2 saturated heterocycles. The summed E-state index contributed by atoms with van der Waals surface area (Å²) in [5, 5.41) is 8.78. The van der Waals surface area contributed by atoms with Crippen molar-refractivity contribution in [3.8, 4) is 0 Å². The van der Waals surface area contributed by atoms with E-state index in [1.165, 1.54) is 12.8 Å². The molecule has 0 bridgehead atoms. The highest BCUT2D eigenvalue weighted by Gasteiger charge is 2.29. The van der Waals surface area contributed by atoms with Crippen molar-refractivity contribution < 1.29 is 14.7 Å². The van der Waals surface area contributed by atoms with Crippen LogP contribution in [0.5, 0.6) is 0 Å². The van der Waals surface area contributed by atoms with Crippen molar-refractivity contribution in [1.29, 1.82) is 0 Å². The number of hydrogen-bond acceptors (Lipinski definition) is 3. The zero-order chi connectivity index (χ0) is 14.5. The molecule has 2 rings (SSSR count). The summed E-state index contributed by atoms with van der Waals surface area (Å²) in [6.07, 6.45) is 4.59. The highest BCUT2D eigenvalue weighted by Crippen LogP contribution is 2.18. The topological polar surface area (TPSA) is 64.1 Å². The molecule has 20 heavy (non-hydrogen) atoms. The molecule has 0 aromatic rings. The first kappa shape index (κ1) is 15.1. The van der Waals surface area contributed by atoms with E-state index in [0.29, 0.717) is 32.2 Å². The summed E-state index contributed by atoms with van der Waals surface area (Å²) in [7, 11) is 0. The van der Waals surface area contributed by atoms with E-state index >= 15 is 0 Å². The number of rotatable bonds is 2. The fraction of sp³-hybridized carbons (Fsp3) is 0.857. The van der Waals surface area contributed by atoms with Crippen LogP contribution in [0.25, 0.3) is 0 Å². The predicted molar refractivity (Wildman–Crippen MR) is 75.7 cm³/mol. The third-order valence-corrected chi connectivity index (χ3v) is 4.30. The van der Waals surface area contributed by atoms with Crippen molar-refractivity contribution in [3.63, 3.8) is 0 Å². The van der Waals surface area contributed by atoms with Gasteiger partial charge in [0.15, 0.2) is 0 Å². The van der Waals surface area contributed by atoms with Crippen LogP contribution in [0.2, 0.25) is 0 Å². The number of carboxylic acids is 1. The van der Waals surface area contributed by atoms with E-state index in [0.717, 1.165) is 19.4 Å². The molecule has 0 aliphatic carbocycles. The number of piperazine rings is 1. The van der Waals surface area contributed by atoms with Gasteiger partial charge in [-0.15, -0.1) is 0 Å². The van der Waals surface area contributed by atoms with Gasteiger partial charge >= 0.3 is 12.0 Å². The van der Waals surface area contributed by atoms with Gasteiger partial charge in [0, 0.05) is 38.8 Å². The quantitative estimate of drug-likeness (QED) is 0.823. The molecule has 2 fully saturated rings. The lowest BCUT2D eigenvalue weighted by molar-refractivity contribution is -0.138. The zero-order valence-electron chi connectivity index (χ0n) is 12.3. The average Bonchev–Trinajstić information content (AvgIpc) is 2.63. The second-order valence-corrected chi connectivity index (χ2v) is 5.83. The molecular formula is C14H25N3O3. The van der Waals surface area contributed by atoms with Gasteiger partial charge in [-0.05, 0) is 19.8 Å². The van der Waals surface area contributed by atoms with E-state index in [9.17, 15) is 9.59 Å². The number of nitrogens with zero attached hydrogens (tertiary/aromatic N) is 3. The molecule has 6 heteroatoms. The Morgan fingerprint density at radius 1 is 1.05 bits per heavy atom. The van der Waals surface area contributed by atoms with Crippen LogP contribution in [-0.2, 0) is 4.79 Å². The largest absolute Gasteiger partial charge is 0.480 e. The Labute approximate surface area is 120 Å². The van der Waals surface area contributed by atoms with Crippen molar-refractivity contribution in [3.05, 3.63) is 0 Å². The summed E-state index contributed by atoms with van der Waals surface area (Å²) >= 11 is 0. The molecule has 1 N–H and O–H groups in total. The Morgan fingerprint density at radius 3 is 2.40 bits per heavy atom. The van der Waals surface area contributed by atoms with Crippen LogP contribution in [0, 0.1) is 0 Å². The molecule has 2 aliphatic heterocycles. The summed E-state index contributed by atoms with van der Waals surface area (Å²) < 4.78 is 0. The first-order valence-electron chi connectivity index (χ1n) is 7.57. The summed E-state index contributed by atoms with van der Waals surface area (Å²) in [6, 6.07) is 0.455. The number of likely N-dealkylation sites (tertiary alicyclic amines) is 1. The Morgan fingerprint density at radius 2 is 1.75 bits per heavy atom. The van der Waals surface area contributed by atoms with Gasteiger partial charge in [-0.25, -0.2) is 4.79 Å². The van der Waals surface area contributed by atoms with Crippen LogP contribution in [0.15, 0.2) is 0 Å². The lowest BCUT2D eigenvalue weighted by Gasteiger charge is -2.38. The van der Waals surface area contributed by atoms with Gasteiger partial charge in [0.2, 0.25) is 0 Å². The van der Waals surface area contributed by atoms with Gasteiger partial charge in [0.25, 0.3) is 0 Å². The summed E-state index contributed by atoms with van der Waals surface area (Å²) in [5.41, 5.74) is 0. The molecule has 2 aliphatic rings. The highest BCUT2D eigenvalue weighted by atomic mass is 16.4. The van der Waals surface area contributed by atoms with Crippen LogP contribution in [0.1, 0.15) is 32.6 Å². The van der Waals surface area contributed by atoms with E-state index in [1.807, 2.05) is 14.7 Å². The minimum absolute atomic E-state index is 0.0716. The maximum absolute atomic E-state index is 12.6. The van der Waals surface area contributed by atoms with Crippen molar-refractivity contribution in [2.45, 2.75) is 38.6 Å². The molecule has 2 amide bonds. The Kier molecular flexibility index (Phi) is 5.23. The molecule has 0 aromatic heterocycles. The Balaban J connectivity index is 1.85. The molecule has 2 heterocycles. The number of hydrogen-bond donors (Lipinski definition) is 1. The fourth-order valence-electron chi connectivity index (χ4n) is 3.03. The van der Waals surface area contributed by atoms with Crippen molar-refractivity contribution in [2.24, 2.45) is 0 Å². The summed E-state index contributed by atoms with van der Waals surface area (Å²) in [6.45, 7) is 5.63. The number of aliphatic carboxylic acids is 1. The minimum Gasteiger partial charge on any atom is -0.480 e. The van der Waals surface area contributed by atoms with E-state index in [4.69, 9.17) is 5.11 Å². The van der Waals surface area contributed by atoms with Gasteiger partial charge < -0.3 is 14.9 Å². The molecule has 0 saturated carbocycles. The maximum Gasteiger partial charge on any atom is 0.320 e. The first-order chi connectivity index (χ1) is 9.58. The molecule has 1 atom stereocenters. The van der Waals surface area contributed by atoms with Gasteiger partial charge in [0.1, 0.15) is 0 Å². The standard InChI is InChI=1S/C14H25N3O3/c1-12-5-3-2-4-6-17(12)14(20)16-9-7-15(8-10-16)11-13(18)19/h12H,2-11H2,1H3,(H,18,19). The van der Waals surface area contributed by atoms with Gasteiger partial charge in [0.05, 0.1) is 6.54 Å². The van der Waals surface area contributed by atoms with Gasteiger partial charge in [-0.3, -0.25) is 9.69 Å². The third-order valence-electron chi connectivity index (χ3n) is 4.30. The second kappa shape index (κ2) is 6.92. The van der Waals surface area contributed by atoms with Crippen molar-refractivity contribution in [2.75, 3.05) is 39.3 Å². The molecule has 114 valence electrons. The number of carbonyl (C=O) groups excluding carboxylic acids is 1. The molecule has 1 unspecified atom stereocenters. The monoisotopic (exact) mass is 283 g/mol. The summed E-state index contributed by atoms with van der Waals surface area (Å²) in [4.78, 5) is 29.0. The van der Waals surface area contributed by atoms with Crippen LogP contribution >= 0.6 is 0 Å². The number of urea groups is 1. The van der Waals surface area contributed by atoms with Crippen LogP contribution in [0.4, 0.5) is 4.79 Å². The zero-order valence-corrected chi connectivity index (χ0v) is 12.3. The smallest absolute Gasteiger partial charge is 0.320 e. The summed E-state index contributed by atoms with van der Waals surface area (Å²) in [5.74, 6) is -0.800. The van der Waals surface area contributed by atoms with E-state index in [1.54, 1.807) is 0 Å². The maximum atomic E-state index is 12.6. The fourth-order valence-corrected chi connectivity index (χ4v) is 3.03. The first-order valence-corrected chi connectivity index (χ1v) is 7.57. The normalized spacial score (nSPS) is 25.4. The molecule has 0 aromatic carbocycles. The molecular weight excluding hydrogens is 258 g/mol. The van der Waals surface area contributed by atoms with Crippen LogP contribution in [0.3, 0.4) is 0 Å². The molecule has 6 nitrogen and oxygen atoms in total. The number of carbonyl (C=O) groups is 2. The van der Waals surface area contributed by atoms with E-state index in [2.05, 4.69) is 6.92 Å². The average molecular weight is 283 g/mol. The lowest BCUT2D eigenvalue weighted by atomic mass is 10.1. The number of amides is 2. The van der Waals surface area contributed by atoms with Crippen molar-refractivity contribution in [1.82, 2.24) is 14.7 Å². The Bertz CT molecular complexity index is 354. The predicted octanol–water partition coefficient (Wildman–Crippen LogP) is 1.07. The van der Waals surface area contributed by atoms with Crippen LogP contribution in [-0.4, -0.2) is 77.1 Å². The SMILES string of the molecule is CC1CCCCCN1C(=O)N1CCN(CC(=O)O)CC1. The number of carboxylic acid groups (broad SMARTS) is 1. The van der Waals surface area contributed by atoms with Gasteiger partial charge in [-0.1, -0.05) is 12.8 Å². The van der Waals surface area contributed by atoms with Gasteiger partial charge in [-0.2, -0.15) is 0 Å². The van der Waals surface area contributed by atoms with Crippen molar-refractivity contribution >= 4 is 12.0 Å². The van der Waals surface area contributed by atoms with Crippen LogP contribution < -0.4 is 0 Å². The second-order valence-electron chi connectivity index (χ2n) is 5.83. The lowest BCUT2D eigenvalue weighted by Crippen LogP contribution is -2.55. The highest BCUT2D eigenvalue weighted by molar-refractivity contribution is 5.75. The minimum atomic E-state index is -0.800. The Hall–Kier alpha value is -1.30. The molecule has 0 spiro atoms.